The number of amides is 1. The maximum Gasteiger partial charge on any atom is 0.260 e. The number of nitrogens with zero attached hydrogens (tertiary/aromatic N) is 3. The number of carbonyl (C=O) groups excluding carboxylic acids is 1. The molecular weight excluding hydrogens is 518 g/mol. The molecule has 2 heterocycles. The highest BCUT2D eigenvalue weighted by Gasteiger charge is 2.32. The molecule has 1 atom stereocenters. The van der Waals surface area contributed by atoms with Crippen molar-refractivity contribution in [2.24, 2.45) is 0 Å². The average molecular weight is 556 g/mol. The Hall–Kier alpha value is -2.33. The van der Waals surface area contributed by atoms with Crippen LogP contribution in [-0.2, 0) is 14.8 Å². The third kappa shape index (κ3) is 5.52. The molecule has 1 unspecified atom stereocenters. The van der Waals surface area contributed by atoms with Gasteiger partial charge in [0, 0.05) is 24.8 Å². The number of rotatable bonds is 8. The van der Waals surface area contributed by atoms with E-state index in [4.69, 9.17) is 9.72 Å². The summed E-state index contributed by atoms with van der Waals surface area (Å²) >= 11 is 1.50. The van der Waals surface area contributed by atoms with E-state index < -0.39 is 10.0 Å². The zero-order valence-corrected chi connectivity index (χ0v) is 24.1. The highest BCUT2D eigenvalue weighted by molar-refractivity contribution is 7.89. The minimum absolute atomic E-state index is 0.0392. The van der Waals surface area contributed by atoms with Crippen molar-refractivity contribution in [2.75, 3.05) is 24.6 Å². The number of aryl methyl sites for hydroxylation is 2. The third-order valence-electron chi connectivity index (χ3n) is 7.88. The lowest BCUT2D eigenvalue weighted by Gasteiger charge is -2.32. The van der Waals surface area contributed by atoms with Crippen molar-refractivity contribution >= 4 is 42.6 Å². The Morgan fingerprint density at radius 3 is 2.39 bits per heavy atom. The van der Waals surface area contributed by atoms with E-state index >= 15 is 0 Å². The molecule has 1 aliphatic heterocycles. The smallest absolute Gasteiger partial charge is 0.260 e. The first kappa shape index (κ1) is 27.2. The Kier molecular flexibility index (Phi) is 8.19. The lowest BCUT2D eigenvalue weighted by atomic mass is 9.95. The Labute approximate surface area is 229 Å². The van der Waals surface area contributed by atoms with Crippen LogP contribution in [0, 0.1) is 13.8 Å². The van der Waals surface area contributed by atoms with E-state index in [0.29, 0.717) is 30.4 Å². The van der Waals surface area contributed by atoms with E-state index in [1.807, 2.05) is 6.92 Å². The maximum atomic E-state index is 13.8. The average Bonchev–Trinajstić information content (AvgIpc) is 3.58. The van der Waals surface area contributed by atoms with Gasteiger partial charge in [-0.1, -0.05) is 37.5 Å². The van der Waals surface area contributed by atoms with Crippen LogP contribution in [-0.4, -0.2) is 55.5 Å². The molecule has 5 rings (SSSR count). The highest BCUT2D eigenvalue weighted by atomic mass is 32.2. The molecule has 1 saturated heterocycles. The number of carbonyl (C=O) groups is 1. The van der Waals surface area contributed by atoms with Gasteiger partial charge in [-0.25, -0.2) is 13.4 Å². The first-order chi connectivity index (χ1) is 18.3. The van der Waals surface area contributed by atoms with Crippen LogP contribution in [0.1, 0.15) is 73.4 Å². The Balaban J connectivity index is 1.43. The van der Waals surface area contributed by atoms with Crippen molar-refractivity contribution in [2.45, 2.75) is 82.8 Å². The summed E-state index contributed by atoms with van der Waals surface area (Å²) in [6.45, 7) is 7.60. The summed E-state index contributed by atoms with van der Waals surface area (Å²) in [6, 6.07) is 10.6. The van der Waals surface area contributed by atoms with Gasteiger partial charge in [0.15, 0.2) is 5.13 Å². The molecule has 1 saturated carbocycles. The summed E-state index contributed by atoms with van der Waals surface area (Å²) in [5, 5.41) is 0.636. The number of hydrogen-bond donors (Lipinski definition) is 0. The summed E-state index contributed by atoms with van der Waals surface area (Å²) in [6.07, 6.45) is 6.95. The maximum absolute atomic E-state index is 13.8. The normalized spacial score (nSPS) is 18.9. The van der Waals surface area contributed by atoms with Crippen molar-refractivity contribution in [3.8, 4) is 0 Å². The number of thiazole rings is 1. The second kappa shape index (κ2) is 11.4. The van der Waals surface area contributed by atoms with Crippen molar-refractivity contribution in [3.63, 3.8) is 0 Å². The van der Waals surface area contributed by atoms with E-state index in [1.54, 1.807) is 33.5 Å². The zero-order chi connectivity index (χ0) is 26.9. The number of anilines is 1. The van der Waals surface area contributed by atoms with E-state index in [-0.39, 0.29) is 22.9 Å². The van der Waals surface area contributed by atoms with E-state index in [9.17, 15) is 13.2 Å². The second-order valence-corrected chi connectivity index (χ2v) is 13.4. The van der Waals surface area contributed by atoms with Gasteiger partial charge in [-0.15, -0.1) is 0 Å². The fraction of sp³-hybridized carbons (Fsp3) is 0.517. The lowest BCUT2D eigenvalue weighted by molar-refractivity contribution is 0.0917. The topological polar surface area (TPSA) is 79.8 Å². The Bertz CT molecular complexity index is 1350. The van der Waals surface area contributed by atoms with Crippen LogP contribution < -0.4 is 4.90 Å². The monoisotopic (exact) mass is 555 g/mol. The summed E-state index contributed by atoms with van der Waals surface area (Å²) in [4.78, 5) is 20.6. The minimum atomic E-state index is -3.63. The number of hydrogen-bond acceptors (Lipinski definition) is 6. The zero-order valence-electron chi connectivity index (χ0n) is 22.5. The number of aromatic nitrogens is 1. The molecular formula is C29H37N3O4S2. The van der Waals surface area contributed by atoms with Crippen molar-refractivity contribution in [1.82, 2.24) is 9.29 Å². The van der Waals surface area contributed by atoms with Crippen LogP contribution in [0.5, 0.6) is 0 Å². The quantitative estimate of drug-likeness (QED) is 0.336. The van der Waals surface area contributed by atoms with Gasteiger partial charge >= 0.3 is 0 Å². The standard InChI is InChI=1S/C29H37N3O4S2/c1-4-32(23-9-6-5-7-10-23)38(34,35)25-14-12-22(13-15-25)28(33)31(19-24-11-8-16-36-24)29-30-26-17-20(2)21(3)18-27(26)37-29/h12-15,17-18,23-24H,4-11,16,19H2,1-3H3. The van der Waals surface area contributed by atoms with Gasteiger partial charge < -0.3 is 4.74 Å². The number of ether oxygens (including phenoxy) is 1. The molecule has 7 nitrogen and oxygen atoms in total. The van der Waals surface area contributed by atoms with Crippen LogP contribution in [0.25, 0.3) is 10.2 Å². The molecule has 1 amide bonds. The molecule has 204 valence electrons. The molecule has 1 aromatic heterocycles. The summed E-state index contributed by atoms with van der Waals surface area (Å²) in [5.41, 5.74) is 3.67. The molecule has 38 heavy (non-hydrogen) atoms. The minimum Gasteiger partial charge on any atom is -0.376 e. The van der Waals surface area contributed by atoms with Crippen LogP contribution in [0.15, 0.2) is 41.3 Å². The van der Waals surface area contributed by atoms with Gasteiger partial charge in [0.2, 0.25) is 10.0 Å². The predicted molar refractivity (Wildman–Crippen MR) is 153 cm³/mol. The summed E-state index contributed by atoms with van der Waals surface area (Å²) in [7, 11) is -3.63. The second-order valence-electron chi connectivity index (χ2n) is 10.5. The first-order valence-electron chi connectivity index (χ1n) is 13.7. The Morgan fingerprint density at radius 2 is 1.74 bits per heavy atom. The fourth-order valence-electron chi connectivity index (χ4n) is 5.58. The van der Waals surface area contributed by atoms with Gasteiger partial charge in [0.05, 0.1) is 27.8 Å². The fourth-order valence-corrected chi connectivity index (χ4v) is 8.32. The first-order valence-corrected chi connectivity index (χ1v) is 16.0. The molecule has 0 bridgehead atoms. The van der Waals surface area contributed by atoms with Gasteiger partial charge in [0.1, 0.15) is 0 Å². The van der Waals surface area contributed by atoms with Crippen LogP contribution in [0.4, 0.5) is 5.13 Å². The van der Waals surface area contributed by atoms with E-state index in [0.717, 1.165) is 54.3 Å². The van der Waals surface area contributed by atoms with E-state index in [1.165, 1.54) is 23.3 Å². The lowest BCUT2D eigenvalue weighted by Crippen LogP contribution is -2.41. The van der Waals surface area contributed by atoms with Crippen molar-refractivity contribution in [3.05, 3.63) is 53.1 Å². The molecule has 1 aliphatic carbocycles. The van der Waals surface area contributed by atoms with Crippen LogP contribution in [0.2, 0.25) is 0 Å². The molecule has 0 spiro atoms. The Morgan fingerprint density at radius 1 is 1.03 bits per heavy atom. The van der Waals surface area contributed by atoms with Gasteiger partial charge in [0.25, 0.3) is 5.91 Å². The third-order valence-corrected chi connectivity index (χ3v) is 11.0. The summed E-state index contributed by atoms with van der Waals surface area (Å²) in [5.74, 6) is -0.198. The molecule has 3 aromatic rings. The molecule has 0 radical (unpaired) electrons. The predicted octanol–water partition coefficient (Wildman–Crippen LogP) is 6.08. The SMILES string of the molecule is CCN(C1CCCCC1)S(=O)(=O)c1ccc(C(=O)N(CC2CCCO2)c2nc3cc(C)c(C)cc3s2)cc1. The van der Waals surface area contributed by atoms with Gasteiger partial charge in [-0.3, -0.25) is 9.69 Å². The molecule has 0 N–H and O–H groups in total. The van der Waals surface area contributed by atoms with E-state index in [2.05, 4.69) is 26.0 Å². The highest BCUT2D eigenvalue weighted by Crippen LogP contribution is 2.33. The largest absolute Gasteiger partial charge is 0.376 e. The van der Waals surface area contributed by atoms with Crippen LogP contribution in [0.3, 0.4) is 0 Å². The summed E-state index contributed by atoms with van der Waals surface area (Å²) < 4.78 is 35.5. The molecule has 2 fully saturated rings. The van der Waals surface area contributed by atoms with Crippen molar-refractivity contribution in [1.29, 1.82) is 0 Å². The molecule has 2 aromatic carbocycles. The number of benzene rings is 2. The van der Waals surface area contributed by atoms with Gasteiger partial charge in [-0.05, 0) is 87.1 Å². The van der Waals surface area contributed by atoms with Gasteiger partial charge in [-0.2, -0.15) is 4.31 Å². The molecule has 2 aliphatic rings. The van der Waals surface area contributed by atoms with Crippen LogP contribution >= 0.6 is 11.3 Å². The number of sulfonamides is 1. The number of fused-ring (bicyclic) bond motifs is 1. The van der Waals surface area contributed by atoms with Crippen molar-refractivity contribution < 1.29 is 17.9 Å². The molecule has 9 heteroatoms.